The van der Waals surface area contributed by atoms with E-state index in [1.807, 2.05) is 24.3 Å². The predicted octanol–water partition coefficient (Wildman–Crippen LogP) is 4.65. The van der Waals surface area contributed by atoms with E-state index >= 15 is 0 Å². The maximum atomic E-state index is 10.6. The van der Waals surface area contributed by atoms with Crippen LogP contribution >= 0.6 is 23.2 Å². The number of aliphatic carboxylic acids is 1. The molecule has 0 radical (unpaired) electrons. The number of rotatable bonds is 2. The topological polar surface area (TPSA) is 78.4 Å². The number of carboxylic acids is 1. The summed E-state index contributed by atoms with van der Waals surface area (Å²) in [7, 11) is 0. The summed E-state index contributed by atoms with van der Waals surface area (Å²) in [6, 6.07) is 14.0. The van der Waals surface area contributed by atoms with Gasteiger partial charge in [0.2, 0.25) is 5.28 Å². The quantitative estimate of drug-likeness (QED) is 0.528. The van der Waals surface area contributed by atoms with E-state index in [2.05, 4.69) is 38.4 Å². The van der Waals surface area contributed by atoms with Gasteiger partial charge < -0.3 is 15.3 Å². The fourth-order valence-electron chi connectivity index (χ4n) is 3.07. The Kier molecular flexibility index (Phi) is 7.19. The Balaban J connectivity index is 0.000000339. The van der Waals surface area contributed by atoms with E-state index < -0.39 is 12.1 Å². The lowest BCUT2D eigenvalue weighted by molar-refractivity contribution is -0.192. The second-order valence-electron chi connectivity index (χ2n) is 6.59. The molecule has 164 valence electrons. The van der Waals surface area contributed by atoms with Crippen LogP contribution in [0.25, 0.3) is 22.2 Å². The minimum absolute atomic E-state index is 0.243. The maximum absolute atomic E-state index is 10.6. The van der Waals surface area contributed by atoms with Gasteiger partial charge in [0.05, 0.1) is 11.2 Å². The van der Waals surface area contributed by atoms with Gasteiger partial charge in [-0.15, -0.1) is 0 Å². The number of anilines is 1. The third-order valence-corrected chi connectivity index (χ3v) is 4.88. The molecule has 2 aromatic carbocycles. The summed E-state index contributed by atoms with van der Waals surface area (Å²) in [5, 5.41) is 12.3. The predicted molar refractivity (Wildman–Crippen MR) is 114 cm³/mol. The molecule has 4 rings (SSSR count). The molecule has 3 aromatic rings. The molecule has 1 aliphatic heterocycles. The monoisotopic (exact) mass is 472 g/mol. The molecule has 6 nitrogen and oxygen atoms in total. The number of carbonyl (C=O) groups is 1. The lowest BCUT2D eigenvalue weighted by Crippen LogP contribution is -2.43. The first kappa shape index (κ1) is 23.1. The highest BCUT2D eigenvalue weighted by Crippen LogP contribution is 2.31. The van der Waals surface area contributed by atoms with Gasteiger partial charge in [-0.05, 0) is 41.9 Å². The van der Waals surface area contributed by atoms with Gasteiger partial charge in [-0.1, -0.05) is 23.7 Å². The van der Waals surface area contributed by atoms with E-state index in [1.54, 1.807) is 0 Å². The highest BCUT2D eigenvalue weighted by atomic mass is 35.5. The molecule has 0 saturated carbocycles. The summed E-state index contributed by atoms with van der Waals surface area (Å²) in [4.78, 5) is 20.0. The van der Waals surface area contributed by atoms with E-state index in [4.69, 9.17) is 33.1 Å². The van der Waals surface area contributed by atoms with Crippen molar-refractivity contribution in [1.29, 1.82) is 0 Å². The first-order chi connectivity index (χ1) is 14.6. The van der Waals surface area contributed by atoms with Crippen LogP contribution in [0.4, 0.5) is 18.9 Å². The average Bonchev–Trinajstić information content (AvgIpc) is 2.74. The molecule has 1 aromatic heterocycles. The van der Waals surface area contributed by atoms with Crippen molar-refractivity contribution >= 4 is 45.8 Å². The van der Waals surface area contributed by atoms with Crippen LogP contribution in [0.5, 0.6) is 0 Å². The Labute approximate surface area is 185 Å². The van der Waals surface area contributed by atoms with Crippen molar-refractivity contribution in [2.45, 2.75) is 6.18 Å². The van der Waals surface area contributed by atoms with Crippen molar-refractivity contribution in [3.05, 3.63) is 52.8 Å². The number of benzene rings is 2. The largest absolute Gasteiger partial charge is 0.490 e. The fourth-order valence-corrected chi connectivity index (χ4v) is 3.41. The van der Waals surface area contributed by atoms with Crippen LogP contribution in [0.3, 0.4) is 0 Å². The molecule has 0 bridgehead atoms. The van der Waals surface area contributed by atoms with E-state index in [0.29, 0.717) is 5.02 Å². The van der Waals surface area contributed by atoms with Crippen LogP contribution in [0.2, 0.25) is 10.3 Å². The first-order valence-corrected chi connectivity index (χ1v) is 9.90. The maximum Gasteiger partial charge on any atom is 0.490 e. The lowest BCUT2D eigenvalue weighted by atomic mass is 10.1. The molecule has 0 amide bonds. The zero-order chi connectivity index (χ0) is 22.6. The van der Waals surface area contributed by atoms with Crippen molar-refractivity contribution in [3.63, 3.8) is 0 Å². The molecule has 1 saturated heterocycles. The smallest absolute Gasteiger partial charge is 0.475 e. The highest BCUT2D eigenvalue weighted by Gasteiger charge is 2.38. The molecular formula is C20H17Cl2F3N4O2. The first-order valence-electron chi connectivity index (χ1n) is 9.14. The Hall–Kier alpha value is -2.62. The molecule has 11 heteroatoms. The van der Waals surface area contributed by atoms with Gasteiger partial charge in [0.1, 0.15) is 0 Å². The Morgan fingerprint density at radius 1 is 1.06 bits per heavy atom. The highest BCUT2D eigenvalue weighted by molar-refractivity contribution is 6.31. The number of carboxylic acid groups (broad SMARTS) is 1. The Morgan fingerprint density at radius 2 is 1.74 bits per heavy atom. The van der Waals surface area contributed by atoms with Crippen LogP contribution in [0.15, 0.2) is 42.5 Å². The second-order valence-corrected chi connectivity index (χ2v) is 7.37. The van der Waals surface area contributed by atoms with E-state index in [0.717, 1.165) is 48.3 Å². The normalized spacial score (nSPS) is 14.2. The third kappa shape index (κ3) is 5.96. The summed E-state index contributed by atoms with van der Waals surface area (Å²) in [6.07, 6.45) is -5.08. The molecule has 0 aliphatic carbocycles. The van der Waals surface area contributed by atoms with Crippen molar-refractivity contribution in [3.8, 4) is 11.3 Å². The van der Waals surface area contributed by atoms with Gasteiger partial charge in [0.25, 0.3) is 0 Å². The summed E-state index contributed by atoms with van der Waals surface area (Å²) < 4.78 is 31.7. The van der Waals surface area contributed by atoms with Gasteiger partial charge >= 0.3 is 12.1 Å². The van der Waals surface area contributed by atoms with Crippen LogP contribution < -0.4 is 10.2 Å². The van der Waals surface area contributed by atoms with Crippen LogP contribution in [0, 0.1) is 0 Å². The van der Waals surface area contributed by atoms with Gasteiger partial charge in [-0.25, -0.2) is 14.8 Å². The van der Waals surface area contributed by atoms with Crippen molar-refractivity contribution < 1.29 is 23.1 Å². The molecule has 0 spiro atoms. The minimum Gasteiger partial charge on any atom is -0.475 e. The molecule has 2 heterocycles. The number of halogens is 5. The van der Waals surface area contributed by atoms with Crippen molar-refractivity contribution in [2.75, 3.05) is 31.1 Å². The summed E-state index contributed by atoms with van der Waals surface area (Å²) >= 11 is 12.3. The van der Waals surface area contributed by atoms with Crippen LogP contribution in [-0.4, -0.2) is 53.4 Å². The average molecular weight is 473 g/mol. The van der Waals surface area contributed by atoms with Crippen molar-refractivity contribution in [1.82, 2.24) is 15.3 Å². The van der Waals surface area contributed by atoms with Gasteiger partial charge in [-0.2, -0.15) is 13.2 Å². The van der Waals surface area contributed by atoms with Crippen LogP contribution in [-0.2, 0) is 4.79 Å². The third-order valence-electron chi connectivity index (χ3n) is 4.47. The fraction of sp³-hybridized carbons (Fsp3) is 0.250. The summed E-state index contributed by atoms with van der Waals surface area (Å²) in [5.41, 5.74) is 3.81. The van der Waals surface area contributed by atoms with Gasteiger partial charge in [0, 0.05) is 47.8 Å². The number of aromatic nitrogens is 2. The zero-order valence-corrected chi connectivity index (χ0v) is 17.5. The summed E-state index contributed by atoms with van der Waals surface area (Å²) in [5.74, 6) is -2.76. The molecule has 0 unspecified atom stereocenters. The molecular weight excluding hydrogens is 456 g/mol. The van der Waals surface area contributed by atoms with Crippen LogP contribution in [0.1, 0.15) is 0 Å². The number of piperazine rings is 1. The second kappa shape index (κ2) is 9.67. The van der Waals surface area contributed by atoms with Gasteiger partial charge in [0.15, 0.2) is 0 Å². The van der Waals surface area contributed by atoms with E-state index in [9.17, 15) is 13.2 Å². The molecule has 0 atom stereocenters. The Morgan fingerprint density at radius 3 is 2.39 bits per heavy atom. The Bertz CT molecular complexity index is 1090. The minimum atomic E-state index is -5.08. The molecule has 1 aliphatic rings. The van der Waals surface area contributed by atoms with Crippen molar-refractivity contribution in [2.24, 2.45) is 0 Å². The number of hydrogen-bond donors (Lipinski definition) is 2. The molecule has 1 fully saturated rings. The van der Waals surface area contributed by atoms with Gasteiger partial charge in [-0.3, -0.25) is 0 Å². The summed E-state index contributed by atoms with van der Waals surface area (Å²) in [6.45, 7) is 4.01. The number of hydrogen-bond acceptors (Lipinski definition) is 5. The lowest BCUT2D eigenvalue weighted by Gasteiger charge is -2.29. The number of nitrogens with zero attached hydrogens (tertiary/aromatic N) is 3. The number of fused-ring (bicyclic) bond motifs is 1. The number of alkyl halides is 3. The number of nitrogens with one attached hydrogen (secondary N) is 1. The van der Waals surface area contributed by atoms with E-state index in [-0.39, 0.29) is 5.28 Å². The molecule has 2 N–H and O–H groups in total. The SMILES string of the molecule is Clc1ccc2nc(Cl)nc(-c3cccc(N4CCNCC4)c3)c2c1.O=C(O)C(F)(F)F. The standard InChI is InChI=1S/C18H16Cl2N4.C2HF3O2/c19-13-4-5-16-15(11-13)17(23-18(20)22-16)12-2-1-3-14(10-12)24-8-6-21-7-9-24;3-2(4,5)1(6)7/h1-5,10-11,21H,6-9H2;(H,6,7). The van der Waals surface area contributed by atoms with E-state index in [1.165, 1.54) is 5.69 Å². The molecule has 31 heavy (non-hydrogen) atoms. The zero-order valence-electron chi connectivity index (χ0n) is 16.0.